The fraction of sp³-hybridized carbons (Fsp3) is 0.250. The Morgan fingerprint density at radius 3 is 2.96 bits per heavy atom. The van der Waals surface area contributed by atoms with Crippen molar-refractivity contribution in [3.63, 3.8) is 0 Å². The van der Waals surface area contributed by atoms with Gasteiger partial charge in [0, 0.05) is 28.9 Å². The van der Waals surface area contributed by atoms with Crippen LogP contribution in [0.1, 0.15) is 11.4 Å². The summed E-state index contributed by atoms with van der Waals surface area (Å²) in [4.78, 5) is 17.4. The van der Waals surface area contributed by atoms with E-state index in [0.29, 0.717) is 30.4 Å². The first-order valence-corrected chi connectivity index (χ1v) is 8.19. The highest BCUT2D eigenvalue weighted by Gasteiger charge is 2.12. The number of ether oxygens (including phenoxy) is 2. The van der Waals surface area contributed by atoms with Crippen molar-refractivity contribution < 1.29 is 9.47 Å². The molecule has 0 amide bonds. The number of fused-ring (bicyclic) bond motifs is 2. The predicted octanol–water partition coefficient (Wildman–Crippen LogP) is 2.45. The number of nitrogens with zero attached hydrogens (tertiary/aromatic N) is 2. The van der Waals surface area contributed by atoms with Gasteiger partial charge in [0.05, 0.1) is 12.2 Å². The third-order valence-electron chi connectivity index (χ3n) is 3.64. The number of benzene rings is 1. The van der Waals surface area contributed by atoms with Crippen molar-refractivity contribution in [1.82, 2.24) is 9.38 Å². The fourth-order valence-electron chi connectivity index (χ4n) is 2.54. The van der Waals surface area contributed by atoms with E-state index >= 15 is 0 Å². The zero-order chi connectivity index (χ0) is 15.8. The molecule has 0 aliphatic carbocycles. The van der Waals surface area contributed by atoms with Crippen molar-refractivity contribution >= 4 is 22.0 Å². The molecule has 3 heterocycles. The molecular weight excluding hydrogens is 314 g/mol. The number of thiazole rings is 1. The van der Waals surface area contributed by atoms with E-state index in [1.807, 2.05) is 30.5 Å². The van der Waals surface area contributed by atoms with Crippen molar-refractivity contribution in [1.29, 1.82) is 0 Å². The quantitative estimate of drug-likeness (QED) is 0.799. The maximum absolute atomic E-state index is 12.1. The van der Waals surface area contributed by atoms with Gasteiger partial charge < -0.3 is 14.8 Å². The van der Waals surface area contributed by atoms with Crippen LogP contribution in [0.3, 0.4) is 0 Å². The fourth-order valence-corrected chi connectivity index (χ4v) is 3.43. The summed E-state index contributed by atoms with van der Waals surface area (Å²) in [5.41, 5.74) is 2.48. The Labute approximate surface area is 136 Å². The highest BCUT2D eigenvalue weighted by molar-refractivity contribution is 7.15. The number of anilines is 1. The lowest BCUT2D eigenvalue weighted by atomic mass is 10.2. The summed E-state index contributed by atoms with van der Waals surface area (Å²) in [6, 6.07) is 7.27. The lowest BCUT2D eigenvalue weighted by molar-refractivity contribution is 0.171. The number of nitrogens with one attached hydrogen (secondary N) is 1. The van der Waals surface area contributed by atoms with Crippen molar-refractivity contribution in [2.75, 3.05) is 18.5 Å². The number of hydrogen-bond donors (Lipinski definition) is 1. The normalized spacial score (nSPS) is 13.3. The molecule has 7 heteroatoms. The van der Waals surface area contributed by atoms with Crippen LogP contribution in [0.15, 0.2) is 34.4 Å². The Morgan fingerprint density at radius 2 is 2.09 bits per heavy atom. The van der Waals surface area contributed by atoms with Crippen LogP contribution >= 0.6 is 11.3 Å². The van der Waals surface area contributed by atoms with Crippen LogP contribution in [0.25, 0.3) is 4.96 Å². The molecule has 0 bridgehead atoms. The Hall–Kier alpha value is -2.54. The summed E-state index contributed by atoms with van der Waals surface area (Å²) < 4.78 is 12.7. The molecule has 0 unspecified atom stereocenters. The molecule has 4 rings (SSSR count). The molecule has 6 nitrogen and oxygen atoms in total. The molecule has 1 aliphatic rings. The van der Waals surface area contributed by atoms with Crippen molar-refractivity contribution in [2.45, 2.75) is 13.5 Å². The smallest absolute Gasteiger partial charge is 0.259 e. The van der Waals surface area contributed by atoms with E-state index in [1.54, 1.807) is 10.5 Å². The third-order valence-corrected chi connectivity index (χ3v) is 4.59. The van der Waals surface area contributed by atoms with Gasteiger partial charge in [0.25, 0.3) is 5.56 Å². The Bertz CT molecular complexity index is 932. The molecular formula is C16H15N3O3S. The van der Waals surface area contributed by atoms with Crippen LogP contribution in [0.4, 0.5) is 5.69 Å². The zero-order valence-corrected chi connectivity index (χ0v) is 13.4. The lowest BCUT2D eigenvalue weighted by Gasteiger charge is -2.19. The van der Waals surface area contributed by atoms with Crippen LogP contribution in [0, 0.1) is 6.92 Å². The minimum Gasteiger partial charge on any atom is -0.486 e. The molecule has 1 N–H and O–H groups in total. The van der Waals surface area contributed by atoms with E-state index in [0.717, 1.165) is 22.9 Å². The molecule has 0 saturated carbocycles. The molecule has 23 heavy (non-hydrogen) atoms. The van der Waals surface area contributed by atoms with Gasteiger partial charge in [-0.2, -0.15) is 0 Å². The summed E-state index contributed by atoms with van der Waals surface area (Å²) in [5, 5.41) is 5.20. The molecule has 118 valence electrons. The van der Waals surface area contributed by atoms with E-state index in [4.69, 9.17) is 9.47 Å². The molecule has 1 aromatic carbocycles. The first kappa shape index (κ1) is 14.1. The molecule has 3 aromatic rings. The van der Waals surface area contributed by atoms with Crippen molar-refractivity contribution in [3.8, 4) is 11.5 Å². The number of aromatic nitrogens is 2. The molecule has 0 spiro atoms. The minimum absolute atomic E-state index is 0.0484. The maximum atomic E-state index is 12.1. The van der Waals surface area contributed by atoms with Gasteiger partial charge in [-0.3, -0.25) is 9.20 Å². The number of aryl methyl sites for hydroxylation is 1. The average molecular weight is 329 g/mol. The Morgan fingerprint density at radius 1 is 1.26 bits per heavy atom. The average Bonchev–Trinajstić information content (AvgIpc) is 2.94. The number of rotatable bonds is 3. The van der Waals surface area contributed by atoms with Gasteiger partial charge in [-0.15, -0.1) is 11.3 Å². The second-order valence-electron chi connectivity index (χ2n) is 5.29. The minimum atomic E-state index is -0.0484. The first-order chi connectivity index (χ1) is 11.2. The highest BCUT2D eigenvalue weighted by Crippen LogP contribution is 2.32. The van der Waals surface area contributed by atoms with Crippen LogP contribution < -0.4 is 20.3 Å². The van der Waals surface area contributed by atoms with Crippen molar-refractivity contribution in [3.05, 3.63) is 51.4 Å². The largest absolute Gasteiger partial charge is 0.486 e. The molecule has 1 aliphatic heterocycles. The molecule has 0 fully saturated rings. The summed E-state index contributed by atoms with van der Waals surface area (Å²) >= 11 is 1.47. The zero-order valence-electron chi connectivity index (χ0n) is 12.5. The van der Waals surface area contributed by atoms with Gasteiger partial charge in [-0.1, -0.05) is 0 Å². The van der Waals surface area contributed by atoms with Gasteiger partial charge >= 0.3 is 0 Å². The van der Waals surface area contributed by atoms with Crippen LogP contribution in [-0.2, 0) is 6.54 Å². The van der Waals surface area contributed by atoms with E-state index in [1.165, 1.54) is 11.3 Å². The van der Waals surface area contributed by atoms with Crippen LogP contribution in [0.5, 0.6) is 11.5 Å². The van der Waals surface area contributed by atoms with Gasteiger partial charge in [0.2, 0.25) is 0 Å². The lowest BCUT2D eigenvalue weighted by Crippen LogP contribution is -2.17. The summed E-state index contributed by atoms with van der Waals surface area (Å²) in [5.74, 6) is 1.49. The monoisotopic (exact) mass is 329 g/mol. The second kappa shape index (κ2) is 5.58. The standard InChI is InChI=1S/C16H15N3O3S/c1-10-9-23-16-18-12(7-15(20)19(10)16)8-17-11-2-3-13-14(6-11)22-5-4-21-13/h2-3,6-7,9,17H,4-5,8H2,1H3. The maximum Gasteiger partial charge on any atom is 0.259 e. The van der Waals surface area contributed by atoms with Gasteiger partial charge in [-0.25, -0.2) is 4.98 Å². The van der Waals surface area contributed by atoms with Crippen LogP contribution in [-0.4, -0.2) is 22.6 Å². The van der Waals surface area contributed by atoms with Gasteiger partial charge in [0.15, 0.2) is 16.5 Å². The SMILES string of the molecule is Cc1csc2nc(CNc3ccc4c(c3)OCCO4)cc(=O)n12. The molecule has 0 saturated heterocycles. The summed E-state index contributed by atoms with van der Waals surface area (Å²) in [6.45, 7) is 3.51. The molecule has 2 aromatic heterocycles. The summed E-state index contributed by atoms with van der Waals surface area (Å²) in [7, 11) is 0. The van der Waals surface area contributed by atoms with Crippen molar-refractivity contribution in [2.24, 2.45) is 0 Å². The molecule has 0 atom stereocenters. The first-order valence-electron chi connectivity index (χ1n) is 7.31. The third kappa shape index (κ3) is 2.63. The topological polar surface area (TPSA) is 64.9 Å². The highest BCUT2D eigenvalue weighted by atomic mass is 32.1. The Kier molecular flexibility index (Phi) is 3.42. The van der Waals surface area contributed by atoms with Crippen LogP contribution in [0.2, 0.25) is 0 Å². The van der Waals surface area contributed by atoms with E-state index < -0.39 is 0 Å². The second-order valence-corrected chi connectivity index (χ2v) is 6.13. The van der Waals surface area contributed by atoms with Gasteiger partial charge in [0.1, 0.15) is 13.2 Å². The predicted molar refractivity (Wildman–Crippen MR) is 88.8 cm³/mol. The van der Waals surface area contributed by atoms with E-state index in [2.05, 4.69) is 10.3 Å². The molecule has 0 radical (unpaired) electrons. The number of hydrogen-bond acceptors (Lipinski definition) is 6. The van der Waals surface area contributed by atoms with Gasteiger partial charge in [-0.05, 0) is 19.1 Å². The summed E-state index contributed by atoms with van der Waals surface area (Å²) in [6.07, 6.45) is 0. The Balaban J connectivity index is 1.56. The van der Waals surface area contributed by atoms with E-state index in [9.17, 15) is 4.79 Å². The van der Waals surface area contributed by atoms with E-state index in [-0.39, 0.29) is 5.56 Å².